The van der Waals surface area contributed by atoms with Gasteiger partial charge in [0.15, 0.2) is 0 Å². The monoisotopic (exact) mass is 282 g/mol. The number of benzene rings is 1. The Kier molecular flexibility index (Phi) is 4.32. The second-order valence-corrected chi connectivity index (χ2v) is 5.68. The van der Waals surface area contributed by atoms with Crippen molar-refractivity contribution in [2.24, 2.45) is 5.92 Å². The number of nitrogens with zero attached hydrogens (tertiary/aromatic N) is 1. The maximum absolute atomic E-state index is 12.1. The highest BCUT2D eigenvalue weighted by molar-refractivity contribution is 6.32. The van der Waals surface area contributed by atoms with Gasteiger partial charge in [0.2, 0.25) is 0 Å². The van der Waals surface area contributed by atoms with Gasteiger partial charge in [-0.3, -0.25) is 4.79 Å². The Balaban J connectivity index is 2.02. The first-order valence-electron chi connectivity index (χ1n) is 6.45. The average Bonchev–Trinajstić information content (AvgIpc) is 2.36. The largest absolute Gasteiger partial charge is 0.506 e. The number of carbonyl (C=O) groups is 1. The zero-order valence-corrected chi connectivity index (χ0v) is 11.9. The quantitative estimate of drug-likeness (QED) is 0.874. The normalized spacial score (nSPS) is 24.2. The number of phenols is 1. The summed E-state index contributed by atoms with van der Waals surface area (Å²) in [5, 5.41) is 12.6. The molecule has 2 atom stereocenters. The number of amides is 1. The molecule has 0 aliphatic carbocycles. The van der Waals surface area contributed by atoms with Gasteiger partial charge in [0.1, 0.15) is 5.75 Å². The van der Waals surface area contributed by atoms with Crippen LogP contribution in [0.5, 0.6) is 5.75 Å². The highest BCUT2D eigenvalue weighted by Crippen LogP contribution is 2.24. The molecule has 1 aromatic rings. The maximum atomic E-state index is 12.1. The molecule has 0 saturated carbocycles. The Morgan fingerprint density at radius 2 is 2.26 bits per heavy atom. The molecule has 2 N–H and O–H groups in total. The zero-order valence-electron chi connectivity index (χ0n) is 11.2. The fourth-order valence-corrected chi connectivity index (χ4v) is 2.65. The lowest BCUT2D eigenvalue weighted by molar-refractivity contribution is 0.0884. The van der Waals surface area contributed by atoms with Crippen LogP contribution in [0.15, 0.2) is 18.2 Å². The van der Waals surface area contributed by atoms with Crippen molar-refractivity contribution in [2.45, 2.75) is 19.4 Å². The highest BCUT2D eigenvalue weighted by atomic mass is 35.5. The molecule has 0 aromatic heterocycles. The number of likely N-dealkylation sites (tertiary alicyclic amines) is 1. The molecule has 19 heavy (non-hydrogen) atoms. The minimum Gasteiger partial charge on any atom is -0.506 e. The molecule has 4 nitrogen and oxygen atoms in total. The lowest BCUT2D eigenvalue weighted by Crippen LogP contribution is -2.48. The SMILES string of the molecule is CC1CN(C)CCC1NC(=O)c1ccc(O)c(Cl)c1. The third-order valence-electron chi connectivity index (χ3n) is 3.63. The van der Waals surface area contributed by atoms with Crippen LogP contribution in [0.2, 0.25) is 5.02 Å². The summed E-state index contributed by atoms with van der Waals surface area (Å²) in [7, 11) is 2.09. The van der Waals surface area contributed by atoms with Gasteiger partial charge in [-0.05, 0) is 44.1 Å². The van der Waals surface area contributed by atoms with Crippen LogP contribution in [0.1, 0.15) is 23.7 Å². The summed E-state index contributed by atoms with van der Waals surface area (Å²) in [5.41, 5.74) is 0.480. The highest BCUT2D eigenvalue weighted by Gasteiger charge is 2.25. The molecule has 1 aliphatic heterocycles. The van der Waals surface area contributed by atoms with E-state index in [-0.39, 0.29) is 22.7 Å². The molecule has 1 fully saturated rings. The molecule has 1 aromatic carbocycles. The van der Waals surface area contributed by atoms with E-state index in [4.69, 9.17) is 11.6 Å². The van der Waals surface area contributed by atoms with E-state index in [0.717, 1.165) is 19.5 Å². The molecule has 0 radical (unpaired) electrons. The number of halogens is 1. The lowest BCUT2D eigenvalue weighted by atomic mass is 9.94. The van der Waals surface area contributed by atoms with E-state index in [1.807, 2.05) is 0 Å². The van der Waals surface area contributed by atoms with Crippen molar-refractivity contribution in [3.05, 3.63) is 28.8 Å². The summed E-state index contributed by atoms with van der Waals surface area (Å²) >= 11 is 5.81. The first-order valence-corrected chi connectivity index (χ1v) is 6.83. The molecule has 2 rings (SSSR count). The second-order valence-electron chi connectivity index (χ2n) is 5.27. The molecule has 104 valence electrons. The number of hydrogen-bond acceptors (Lipinski definition) is 3. The summed E-state index contributed by atoms with van der Waals surface area (Å²) in [6.07, 6.45) is 0.954. The number of piperidine rings is 1. The van der Waals surface area contributed by atoms with Gasteiger partial charge >= 0.3 is 0 Å². The fourth-order valence-electron chi connectivity index (χ4n) is 2.47. The van der Waals surface area contributed by atoms with E-state index in [1.165, 1.54) is 12.1 Å². The van der Waals surface area contributed by atoms with Crippen molar-refractivity contribution in [3.8, 4) is 5.75 Å². The van der Waals surface area contributed by atoms with Gasteiger partial charge < -0.3 is 15.3 Å². The van der Waals surface area contributed by atoms with Crippen molar-refractivity contribution < 1.29 is 9.90 Å². The second kappa shape index (κ2) is 5.80. The Morgan fingerprint density at radius 1 is 1.53 bits per heavy atom. The lowest BCUT2D eigenvalue weighted by Gasteiger charge is -2.35. The van der Waals surface area contributed by atoms with Crippen LogP contribution >= 0.6 is 11.6 Å². The first kappa shape index (κ1) is 14.2. The van der Waals surface area contributed by atoms with Gasteiger partial charge in [0.25, 0.3) is 5.91 Å². The third kappa shape index (κ3) is 3.39. The molecule has 2 unspecified atom stereocenters. The van der Waals surface area contributed by atoms with Crippen LogP contribution in [0.4, 0.5) is 0 Å². The average molecular weight is 283 g/mol. The first-order chi connectivity index (χ1) is 8.97. The van der Waals surface area contributed by atoms with Crippen molar-refractivity contribution >= 4 is 17.5 Å². The van der Waals surface area contributed by atoms with Gasteiger partial charge in [0, 0.05) is 18.2 Å². The van der Waals surface area contributed by atoms with Crippen LogP contribution in [0.3, 0.4) is 0 Å². The number of carbonyl (C=O) groups excluding carboxylic acids is 1. The van der Waals surface area contributed by atoms with Crippen molar-refractivity contribution in [3.63, 3.8) is 0 Å². The topological polar surface area (TPSA) is 52.6 Å². The van der Waals surface area contributed by atoms with E-state index in [0.29, 0.717) is 11.5 Å². The van der Waals surface area contributed by atoms with Gasteiger partial charge in [-0.15, -0.1) is 0 Å². The summed E-state index contributed by atoms with van der Waals surface area (Å²) < 4.78 is 0. The molecule has 1 saturated heterocycles. The van der Waals surface area contributed by atoms with Gasteiger partial charge in [-0.1, -0.05) is 18.5 Å². The molecule has 1 aliphatic rings. The molecular formula is C14H19ClN2O2. The minimum atomic E-state index is -0.136. The van der Waals surface area contributed by atoms with Crippen LogP contribution in [0, 0.1) is 5.92 Å². The van der Waals surface area contributed by atoms with E-state index >= 15 is 0 Å². The molecule has 1 heterocycles. The Hall–Kier alpha value is -1.26. The standard InChI is InChI=1S/C14H19ClN2O2/c1-9-8-17(2)6-5-12(9)16-14(19)10-3-4-13(18)11(15)7-10/h3-4,7,9,12,18H,5-6,8H2,1-2H3,(H,16,19). The molecule has 1 amide bonds. The van der Waals surface area contributed by atoms with Gasteiger partial charge in [0.05, 0.1) is 5.02 Å². The Labute approximate surface area is 118 Å². The molecule has 5 heteroatoms. The van der Waals surface area contributed by atoms with Crippen LogP contribution in [-0.4, -0.2) is 42.1 Å². The molecule has 0 bridgehead atoms. The number of hydrogen-bond donors (Lipinski definition) is 2. The van der Waals surface area contributed by atoms with Crippen LogP contribution in [0.25, 0.3) is 0 Å². The molecular weight excluding hydrogens is 264 g/mol. The van der Waals surface area contributed by atoms with Gasteiger partial charge in [-0.25, -0.2) is 0 Å². The predicted molar refractivity (Wildman–Crippen MR) is 75.6 cm³/mol. The van der Waals surface area contributed by atoms with E-state index in [1.54, 1.807) is 6.07 Å². The zero-order chi connectivity index (χ0) is 14.0. The van der Waals surface area contributed by atoms with Crippen molar-refractivity contribution in [1.29, 1.82) is 0 Å². The van der Waals surface area contributed by atoms with E-state index < -0.39 is 0 Å². The molecule has 0 spiro atoms. The number of rotatable bonds is 2. The fraction of sp³-hybridized carbons (Fsp3) is 0.500. The van der Waals surface area contributed by atoms with Crippen molar-refractivity contribution in [2.75, 3.05) is 20.1 Å². The Morgan fingerprint density at radius 3 is 2.89 bits per heavy atom. The van der Waals surface area contributed by atoms with Crippen LogP contribution in [-0.2, 0) is 0 Å². The van der Waals surface area contributed by atoms with Crippen molar-refractivity contribution in [1.82, 2.24) is 10.2 Å². The Bertz CT molecular complexity index is 479. The third-order valence-corrected chi connectivity index (χ3v) is 3.94. The smallest absolute Gasteiger partial charge is 0.251 e. The predicted octanol–water partition coefficient (Wildman–Crippen LogP) is 2.12. The number of nitrogens with one attached hydrogen (secondary N) is 1. The minimum absolute atomic E-state index is 0.00845. The maximum Gasteiger partial charge on any atom is 0.251 e. The summed E-state index contributed by atoms with van der Waals surface area (Å²) in [4.78, 5) is 14.4. The van der Waals surface area contributed by atoms with Crippen LogP contribution < -0.4 is 5.32 Å². The number of aromatic hydroxyl groups is 1. The summed E-state index contributed by atoms with van der Waals surface area (Å²) in [6.45, 7) is 4.12. The summed E-state index contributed by atoms with van der Waals surface area (Å²) in [6, 6.07) is 4.70. The van der Waals surface area contributed by atoms with E-state index in [9.17, 15) is 9.90 Å². The van der Waals surface area contributed by atoms with E-state index in [2.05, 4.69) is 24.2 Å². The number of phenolic OH excluding ortho intramolecular Hbond substituents is 1. The van der Waals surface area contributed by atoms with Gasteiger partial charge in [-0.2, -0.15) is 0 Å². The summed E-state index contributed by atoms with van der Waals surface area (Å²) in [5.74, 6) is 0.282.